The largest absolute Gasteiger partial charge is 0.467 e. The number of methoxy groups -OCH3 is 1. The van der Waals surface area contributed by atoms with E-state index in [1.807, 2.05) is 29.9 Å². The first-order chi connectivity index (χ1) is 15.5. The molecule has 0 fully saturated rings. The summed E-state index contributed by atoms with van der Waals surface area (Å²) >= 11 is 0. The van der Waals surface area contributed by atoms with Crippen LogP contribution in [0.2, 0.25) is 0 Å². The molecule has 0 bridgehead atoms. The van der Waals surface area contributed by atoms with Crippen LogP contribution in [0, 0.1) is 5.82 Å². The number of amides is 2. The van der Waals surface area contributed by atoms with Crippen molar-refractivity contribution in [3.63, 3.8) is 0 Å². The summed E-state index contributed by atoms with van der Waals surface area (Å²) in [4.78, 5) is 29.5. The van der Waals surface area contributed by atoms with Crippen molar-refractivity contribution >= 4 is 11.8 Å². The molecule has 0 unspecified atom stereocenters. The van der Waals surface area contributed by atoms with E-state index in [9.17, 15) is 14.0 Å². The van der Waals surface area contributed by atoms with Crippen LogP contribution >= 0.6 is 0 Å². The van der Waals surface area contributed by atoms with Crippen LogP contribution in [0.25, 0.3) is 0 Å². The molecule has 3 rings (SSSR count). The lowest BCUT2D eigenvalue weighted by atomic mass is 10.2. The van der Waals surface area contributed by atoms with E-state index in [2.05, 4.69) is 0 Å². The Hall–Kier alpha value is -3.39. The van der Waals surface area contributed by atoms with Crippen LogP contribution in [-0.4, -0.2) is 53.0 Å². The highest BCUT2D eigenvalue weighted by molar-refractivity contribution is 5.96. The van der Waals surface area contributed by atoms with Crippen molar-refractivity contribution in [1.29, 1.82) is 0 Å². The molecule has 0 saturated carbocycles. The Bertz CT molecular complexity index is 1020. The van der Waals surface area contributed by atoms with E-state index in [1.165, 1.54) is 23.1 Å². The van der Waals surface area contributed by atoms with E-state index in [1.54, 1.807) is 36.5 Å². The summed E-state index contributed by atoms with van der Waals surface area (Å²) in [5.41, 5.74) is 1.16. The molecule has 0 atom stereocenters. The molecule has 0 saturated heterocycles. The summed E-state index contributed by atoms with van der Waals surface area (Å²) in [5.74, 6) is -0.479. The fraction of sp³-hybridized carbons (Fsp3) is 0.333. The predicted octanol–water partition coefficient (Wildman–Crippen LogP) is 3.46. The Morgan fingerprint density at radius 1 is 1.09 bits per heavy atom. The fourth-order valence-corrected chi connectivity index (χ4v) is 3.40. The molecular weight excluding hydrogens is 413 g/mol. The zero-order valence-electron chi connectivity index (χ0n) is 18.4. The van der Waals surface area contributed by atoms with Gasteiger partial charge in [0.25, 0.3) is 5.91 Å². The highest BCUT2D eigenvalue weighted by Crippen LogP contribution is 2.14. The molecule has 8 heteroatoms. The maximum absolute atomic E-state index is 13.7. The maximum atomic E-state index is 13.7. The van der Waals surface area contributed by atoms with Gasteiger partial charge in [-0.3, -0.25) is 9.59 Å². The van der Waals surface area contributed by atoms with Gasteiger partial charge < -0.3 is 23.5 Å². The first-order valence-corrected chi connectivity index (χ1v) is 10.4. The van der Waals surface area contributed by atoms with E-state index in [0.29, 0.717) is 31.9 Å². The van der Waals surface area contributed by atoms with Crippen LogP contribution in [0.5, 0.6) is 0 Å². The number of hydrogen-bond acceptors (Lipinski definition) is 4. The summed E-state index contributed by atoms with van der Waals surface area (Å²) < 4.78 is 26.1. The first kappa shape index (κ1) is 23.3. The lowest BCUT2D eigenvalue weighted by molar-refractivity contribution is -0.133. The molecule has 170 valence electrons. The van der Waals surface area contributed by atoms with Crippen molar-refractivity contribution in [2.45, 2.75) is 19.5 Å². The third kappa shape index (κ3) is 6.31. The van der Waals surface area contributed by atoms with Gasteiger partial charge in [0.1, 0.15) is 18.1 Å². The highest BCUT2D eigenvalue weighted by atomic mass is 19.1. The number of benzene rings is 1. The van der Waals surface area contributed by atoms with Crippen molar-refractivity contribution in [3.05, 3.63) is 83.8 Å². The first-order valence-electron chi connectivity index (χ1n) is 10.4. The molecule has 0 radical (unpaired) electrons. The van der Waals surface area contributed by atoms with Crippen molar-refractivity contribution in [2.75, 3.05) is 26.8 Å². The topological polar surface area (TPSA) is 67.9 Å². The summed E-state index contributed by atoms with van der Waals surface area (Å²) in [6.45, 7) is 1.26. The number of aryl methyl sites for hydroxylation is 1. The molecule has 2 aromatic heterocycles. The average Bonchev–Trinajstić information content (AvgIpc) is 3.44. The summed E-state index contributed by atoms with van der Waals surface area (Å²) in [6, 6.07) is 12.9. The van der Waals surface area contributed by atoms with Crippen LogP contribution < -0.4 is 0 Å². The quantitative estimate of drug-likeness (QED) is 0.428. The van der Waals surface area contributed by atoms with Crippen molar-refractivity contribution in [3.8, 4) is 0 Å². The number of carbonyl (C=O) groups is 2. The highest BCUT2D eigenvalue weighted by Gasteiger charge is 2.24. The minimum Gasteiger partial charge on any atom is -0.467 e. The normalized spacial score (nSPS) is 10.8. The molecule has 0 aliphatic heterocycles. The number of nitrogens with zero attached hydrogens (tertiary/aromatic N) is 3. The zero-order valence-corrected chi connectivity index (χ0v) is 18.4. The van der Waals surface area contributed by atoms with E-state index >= 15 is 0 Å². The van der Waals surface area contributed by atoms with Gasteiger partial charge in [-0.05, 0) is 48.9 Å². The molecular formula is C24H28FN3O4. The van der Waals surface area contributed by atoms with Crippen LogP contribution in [-0.2, 0) is 29.7 Å². The number of rotatable bonds is 11. The lowest BCUT2D eigenvalue weighted by Gasteiger charge is -2.27. The number of halogens is 1. The molecule has 0 aliphatic carbocycles. The smallest absolute Gasteiger partial charge is 0.254 e. The Morgan fingerprint density at radius 3 is 2.59 bits per heavy atom. The van der Waals surface area contributed by atoms with E-state index < -0.39 is 11.7 Å². The third-order valence-electron chi connectivity index (χ3n) is 5.15. The average molecular weight is 442 g/mol. The van der Waals surface area contributed by atoms with Crippen LogP contribution in [0.15, 0.2) is 65.4 Å². The van der Waals surface area contributed by atoms with Gasteiger partial charge in [0.2, 0.25) is 5.91 Å². The number of ether oxygens (including phenoxy) is 1. The summed E-state index contributed by atoms with van der Waals surface area (Å²) in [6.07, 6.45) is 4.03. The maximum Gasteiger partial charge on any atom is 0.254 e. The zero-order chi connectivity index (χ0) is 22.9. The van der Waals surface area contributed by atoms with Gasteiger partial charge in [0.15, 0.2) is 0 Å². The fourth-order valence-electron chi connectivity index (χ4n) is 3.40. The number of hydrogen-bond donors (Lipinski definition) is 0. The second kappa shape index (κ2) is 11.3. The minimum absolute atomic E-state index is 0.135. The molecule has 0 N–H and O–H groups in total. The van der Waals surface area contributed by atoms with Gasteiger partial charge in [-0.2, -0.15) is 0 Å². The Kier molecular flexibility index (Phi) is 8.21. The lowest BCUT2D eigenvalue weighted by Crippen LogP contribution is -2.43. The number of carbonyl (C=O) groups excluding carboxylic acids is 2. The van der Waals surface area contributed by atoms with Gasteiger partial charge in [-0.25, -0.2) is 4.39 Å². The molecule has 2 heterocycles. The van der Waals surface area contributed by atoms with Gasteiger partial charge in [0, 0.05) is 44.8 Å². The predicted molar refractivity (Wildman–Crippen MR) is 117 cm³/mol. The standard InChI is InChI=1S/C24H28FN3O4/c1-26-11-4-9-21(26)16-28(17-22-10-5-14-32-22)23(29)18-27(12-6-13-31-2)24(30)19-7-3-8-20(25)15-19/h3-5,7-11,14-15H,6,12-13,16-18H2,1-2H3. The van der Waals surface area contributed by atoms with Gasteiger partial charge in [0.05, 0.1) is 19.4 Å². The summed E-state index contributed by atoms with van der Waals surface area (Å²) in [7, 11) is 3.49. The van der Waals surface area contributed by atoms with Crippen molar-refractivity contribution in [2.24, 2.45) is 7.05 Å². The monoisotopic (exact) mass is 441 g/mol. The SMILES string of the molecule is COCCCN(CC(=O)N(Cc1ccco1)Cc1cccn1C)C(=O)c1cccc(F)c1. The Labute approximate surface area is 187 Å². The Balaban J connectivity index is 1.79. The molecule has 2 amide bonds. The van der Waals surface area contributed by atoms with Crippen LogP contribution in [0.3, 0.4) is 0 Å². The van der Waals surface area contributed by atoms with Gasteiger partial charge in [-0.15, -0.1) is 0 Å². The van der Waals surface area contributed by atoms with E-state index in [0.717, 1.165) is 5.69 Å². The van der Waals surface area contributed by atoms with Crippen LogP contribution in [0.1, 0.15) is 28.2 Å². The van der Waals surface area contributed by atoms with Gasteiger partial charge in [-0.1, -0.05) is 6.07 Å². The van der Waals surface area contributed by atoms with Crippen molar-refractivity contribution < 1.29 is 23.1 Å². The van der Waals surface area contributed by atoms with Crippen LogP contribution in [0.4, 0.5) is 4.39 Å². The van der Waals surface area contributed by atoms with Gasteiger partial charge >= 0.3 is 0 Å². The molecule has 3 aromatic rings. The third-order valence-corrected chi connectivity index (χ3v) is 5.15. The molecule has 0 spiro atoms. The molecule has 0 aliphatic rings. The second-order valence-corrected chi connectivity index (χ2v) is 7.52. The second-order valence-electron chi connectivity index (χ2n) is 7.52. The number of furan rings is 1. The number of aromatic nitrogens is 1. The molecule has 7 nitrogen and oxygen atoms in total. The van der Waals surface area contributed by atoms with E-state index in [-0.39, 0.29) is 24.6 Å². The minimum atomic E-state index is -0.498. The van der Waals surface area contributed by atoms with E-state index in [4.69, 9.17) is 9.15 Å². The van der Waals surface area contributed by atoms with Crippen molar-refractivity contribution in [1.82, 2.24) is 14.4 Å². The summed E-state index contributed by atoms with van der Waals surface area (Å²) in [5, 5.41) is 0. The molecule has 32 heavy (non-hydrogen) atoms. The molecule has 1 aromatic carbocycles. The Morgan fingerprint density at radius 2 is 1.94 bits per heavy atom.